The molecule has 5 rings (SSSR count). The Morgan fingerprint density at radius 3 is 2.75 bits per heavy atom. The van der Waals surface area contributed by atoms with Crippen LogP contribution in [-0.2, 0) is 6.54 Å². The molecule has 0 radical (unpaired) electrons. The lowest BCUT2D eigenvalue weighted by atomic mass is 10.1. The Morgan fingerprint density at radius 2 is 1.94 bits per heavy atom. The van der Waals surface area contributed by atoms with Crippen molar-refractivity contribution in [1.82, 2.24) is 4.57 Å². The molecule has 3 aromatic carbocycles. The van der Waals surface area contributed by atoms with E-state index in [1.54, 1.807) is 25.3 Å². The van der Waals surface area contributed by atoms with Crippen LogP contribution in [-0.4, -0.2) is 24.4 Å². The zero-order valence-electron chi connectivity index (χ0n) is 17.8. The van der Waals surface area contributed by atoms with Gasteiger partial charge in [-0.05, 0) is 49.4 Å². The minimum atomic E-state index is -0.228. The zero-order valence-corrected chi connectivity index (χ0v) is 17.8. The molecule has 7 nitrogen and oxygen atoms in total. The van der Waals surface area contributed by atoms with Gasteiger partial charge in [-0.1, -0.05) is 12.1 Å². The normalized spacial score (nSPS) is 12.2. The SMILES string of the molecule is CCn1c(-c2cccc(NC(=O)c3ccc4c(c3)OCO4)c2)c(N)c2ccc(OC)cc21. The van der Waals surface area contributed by atoms with Gasteiger partial charge < -0.3 is 29.8 Å². The number of nitrogens with two attached hydrogens (primary N) is 1. The second kappa shape index (κ2) is 7.85. The summed E-state index contributed by atoms with van der Waals surface area (Å²) in [7, 11) is 1.65. The monoisotopic (exact) mass is 429 g/mol. The molecule has 1 aliphatic heterocycles. The van der Waals surface area contributed by atoms with Gasteiger partial charge in [0.2, 0.25) is 6.79 Å². The lowest BCUT2D eigenvalue weighted by Gasteiger charge is -2.12. The Kier molecular flexibility index (Phi) is 4.86. The van der Waals surface area contributed by atoms with Gasteiger partial charge in [0, 0.05) is 34.8 Å². The number of carbonyl (C=O) groups excluding carboxylic acids is 1. The molecule has 0 spiro atoms. The predicted molar refractivity (Wildman–Crippen MR) is 125 cm³/mol. The van der Waals surface area contributed by atoms with Gasteiger partial charge in [0.15, 0.2) is 11.5 Å². The van der Waals surface area contributed by atoms with E-state index in [1.165, 1.54) is 0 Å². The third kappa shape index (κ3) is 3.28. The number of aromatic nitrogens is 1. The maximum Gasteiger partial charge on any atom is 0.255 e. The first-order valence-electron chi connectivity index (χ1n) is 10.4. The van der Waals surface area contributed by atoms with E-state index in [2.05, 4.69) is 16.8 Å². The maximum absolute atomic E-state index is 12.8. The second-order valence-corrected chi connectivity index (χ2v) is 7.49. The van der Waals surface area contributed by atoms with Gasteiger partial charge in [0.05, 0.1) is 24.0 Å². The Morgan fingerprint density at radius 1 is 1.09 bits per heavy atom. The molecule has 0 atom stereocenters. The lowest BCUT2D eigenvalue weighted by molar-refractivity contribution is 0.102. The van der Waals surface area contributed by atoms with Gasteiger partial charge in [-0.2, -0.15) is 0 Å². The molecule has 0 fully saturated rings. The molecular formula is C25H23N3O4. The van der Waals surface area contributed by atoms with E-state index in [9.17, 15) is 4.79 Å². The second-order valence-electron chi connectivity index (χ2n) is 7.49. The van der Waals surface area contributed by atoms with Gasteiger partial charge >= 0.3 is 0 Å². The smallest absolute Gasteiger partial charge is 0.255 e. The first-order valence-corrected chi connectivity index (χ1v) is 10.4. The molecule has 0 bridgehead atoms. The number of ether oxygens (including phenoxy) is 3. The number of hydrogen-bond donors (Lipinski definition) is 2. The van der Waals surface area contributed by atoms with Gasteiger partial charge in [0.1, 0.15) is 5.75 Å². The highest BCUT2D eigenvalue weighted by atomic mass is 16.7. The fourth-order valence-corrected chi connectivity index (χ4v) is 4.11. The highest BCUT2D eigenvalue weighted by Crippen LogP contribution is 2.38. The van der Waals surface area contributed by atoms with Crippen LogP contribution in [0, 0.1) is 0 Å². The van der Waals surface area contributed by atoms with Crippen LogP contribution in [0.25, 0.3) is 22.2 Å². The summed E-state index contributed by atoms with van der Waals surface area (Å²) in [6.07, 6.45) is 0. The number of fused-ring (bicyclic) bond motifs is 2. The van der Waals surface area contributed by atoms with Gasteiger partial charge in [-0.15, -0.1) is 0 Å². The molecule has 162 valence electrons. The molecule has 1 aromatic heterocycles. The lowest BCUT2D eigenvalue weighted by Crippen LogP contribution is -2.11. The largest absolute Gasteiger partial charge is 0.497 e. The summed E-state index contributed by atoms with van der Waals surface area (Å²) < 4.78 is 18.2. The Labute approximate surface area is 185 Å². The van der Waals surface area contributed by atoms with Gasteiger partial charge in [0.25, 0.3) is 5.91 Å². The number of methoxy groups -OCH3 is 1. The Hall–Kier alpha value is -4.13. The average molecular weight is 429 g/mol. The molecule has 32 heavy (non-hydrogen) atoms. The molecule has 3 N–H and O–H groups in total. The highest BCUT2D eigenvalue weighted by Gasteiger charge is 2.19. The Balaban J connectivity index is 1.50. The van der Waals surface area contributed by atoms with E-state index in [-0.39, 0.29) is 12.7 Å². The standard InChI is InChI=1S/C25H23N3O4/c1-3-28-20-13-18(30-2)8-9-19(20)23(26)24(28)15-5-4-6-17(11-15)27-25(29)16-7-10-21-22(12-16)32-14-31-21/h4-13H,3,14,26H2,1-2H3,(H,27,29). The molecule has 4 aromatic rings. The van der Waals surface area contributed by atoms with Crippen LogP contribution in [0.15, 0.2) is 60.7 Å². The maximum atomic E-state index is 12.8. The van der Waals surface area contributed by atoms with Gasteiger partial charge in [-0.3, -0.25) is 4.79 Å². The molecule has 0 saturated heterocycles. The van der Waals surface area contributed by atoms with Gasteiger partial charge in [-0.25, -0.2) is 0 Å². The summed E-state index contributed by atoms with van der Waals surface area (Å²) in [5.41, 5.74) is 11.3. The molecule has 1 aliphatic rings. The number of benzene rings is 3. The van der Waals surface area contributed by atoms with E-state index in [0.717, 1.165) is 34.5 Å². The number of nitrogens with zero attached hydrogens (tertiary/aromatic N) is 1. The first kappa shape index (κ1) is 19.8. The van der Waals surface area contributed by atoms with Crippen LogP contribution in [0.3, 0.4) is 0 Å². The van der Waals surface area contributed by atoms with Crippen molar-refractivity contribution in [3.05, 3.63) is 66.2 Å². The number of carbonyl (C=O) groups is 1. The van der Waals surface area contributed by atoms with E-state index in [4.69, 9.17) is 19.9 Å². The predicted octanol–water partition coefficient (Wildman–Crippen LogP) is 4.90. The average Bonchev–Trinajstić information content (AvgIpc) is 3.40. The molecule has 0 saturated carbocycles. The van der Waals surface area contributed by atoms with E-state index in [1.807, 2.05) is 42.5 Å². The zero-order chi connectivity index (χ0) is 22.2. The van der Waals surface area contributed by atoms with Crippen LogP contribution in [0.1, 0.15) is 17.3 Å². The molecule has 1 amide bonds. The molecule has 0 unspecified atom stereocenters. The van der Waals surface area contributed by atoms with Crippen LogP contribution in [0.4, 0.5) is 11.4 Å². The number of rotatable bonds is 5. The fraction of sp³-hybridized carbons (Fsp3) is 0.160. The Bertz CT molecular complexity index is 1340. The number of hydrogen-bond acceptors (Lipinski definition) is 5. The first-order chi connectivity index (χ1) is 15.6. The summed E-state index contributed by atoms with van der Waals surface area (Å²) in [5, 5.41) is 3.93. The quantitative estimate of drug-likeness (QED) is 0.471. The van der Waals surface area contributed by atoms with Crippen LogP contribution in [0.5, 0.6) is 17.2 Å². The number of aryl methyl sites for hydroxylation is 1. The number of nitrogen functional groups attached to an aromatic ring is 1. The molecular weight excluding hydrogens is 406 g/mol. The van der Waals surface area contributed by atoms with Crippen molar-refractivity contribution >= 4 is 28.2 Å². The minimum absolute atomic E-state index is 0.168. The van der Waals surface area contributed by atoms with E-state index < -0.39 is 0 Å². The summed E-state index contributed by atoms with van der Waals surface area (Å²) >= 11 is 0. The number of amides is 1. The van der Waals surface area contributed by atoms with Crippen molar-refractivity contribution in [2.24, 2.45) is 0 Å². The highest BCUT2D eigenvalue weighted by molar-refractivity contribution is 6.06. The van der Waals surface area contributed by atoms with Crippen LogP contribution >= 0.6 is 0 Å². The summed E-state index contributed by atoms with van der Waals surface area (Å²) in [6, 6.07) is 18.7. The topological polar surface area (TPSA) is 87.7 Å². The van der Waals surface area contributed by atoms with Crippen molar-refractivity contribution in [2.45, 2.75) is 13.5 Å². The molecule has 7 heteroatoms. The third-order valence-electron chi connectivity index (χ3n) is 5.66. The van der Waals surface area contributed by atoms with Crippen LogP contribution < -0.4 is 25.3 Å². The van der Waals surface area contributed by atoms with E-state index >= 15 is 0 Å². The number of nitrogens with one attached hydrogen (secondary N) is 1. The third-order valence-corrected chi connectivity index (χ3v) is 5.66. The summed E-state index contributed by atoms with van der Waals surface area (Å²) in [4.78, 5) is 12.8. The fourth-order valence-electron chi connectivity index (χ4n) is 4.11. The van der Waals surface area contributed by atoms with Crippen molar-refractivity contribution in [2.75, 3.05) is 25.0 Å². The van der Waals surface area contributed by atoms with Crippen LogP contribution in [0.2, 0.25) is 0 Å². The minimum Gasteiger partial charge on any atom is -0.497 e. The number of anilines is 2. The van der Waals surface area contributed by atoms with Crippen molar-refractivity contribution in [3.63, 3.8) is 0 Å². The van der Waals surface area contributed by atoms with Crippen molar-refractivity contribution in [1.29, 1.82) is 0 Å². The summed E-state index contributed by atoms with van der Waals surface area (Å²) in [6.45, 7) is 2.98. The molecule has 0 aliphatic carbocycles. The van der Waals surface area contributed by atoms with Crippen molar-refractivity contribution < 1.29 is 19.0 Å². The van der Waals surface area contributed by atoms with E-state index in [0.29, 0.717) is 28.4 Å². The molecule has 2 heterocycles. The van der Waals surface area contributed by atoms with Crippen molar-refractivity contribution in [3.8, 4) is 28.5 Å². The summed E-state index contributed by atoms with van der Waals surface area (Å²) in [5.74, 6) is 1.76.